The molecule has 4 nitrogen and oxygen atoms in total. The number of carbonyl (C=O) groups excluding carboxylic acids is 2. The van der Waals surface area contributed by atoms with Crippen molar-refractivity contribution in [1.82, 2.24) is 10.2 Å². The average Bonchev–Trinajstić information content (AvgIpc) is 2.64. The van der Waals surface area contributed by atoms with E-state index in [9.17, 15) is 9.59 Å². The number of rotatable bonds is 7. The van der Waals surface area contributed by atoms with Crippen molar-refractivity contribution in [1.29, 1.82) is 0 Å². The van der Waals surface area contributed by atoms with E-state index in [0.29, 0.717) is 16.6 Å². The second-order valence-electron chi connectivity index (χ2n) is 6.44. The summed E-state index contributed by atoms with van der Waals surface area (Å²) < 4.78 is 0. The van der Waals surface area contributed by atoms with Gasteiger partial charge in [-0.3, -0.25) is 9.59 Å². The van der Waals surface area contributed by atoms with Gasteiger partial charge in [-0.2, -0.15) is 0 Å². The van der Waals surface area contributed by atoms with Gasteiger partial charge < -0.3 is 10.2 Å². The van der Waals surface area contributed by atoms with Crippen molar-refractivity contribution in [3.8, 4) is 0 Å². The number of nitrogens with one attached hydrogen (secondary N) is 1. The monoisotopic (exact) mass is 406 g/mol. The first-order chi connectivity index (χ1) is 12.8. The molecule has 2 amide bonds. The second-order valence-corrected chi connectivity index (χ2v) is 7.26. The molecule has 0 aliphatic carbocycles. The van der Waals surface area contributed by atoms with Crippen LogP contribution in [-0.2, 0) is 22.6 Å². The molecular formula is C21H24Cl2N2O2. The van der Waals surface area contributed by atoms with E-state index in [1.54, 1.807) is 24.0 Å². The highest BCUT2D eigenvalue weighted by molar-refractivity contribution is 6.42. The lowest BCUT2D eigenvalue weighted by atomic mass is 10.0. The van der Waals surface area contributed by atoms with Gasteiger partial charge in [-0.15, -0.1) is 0 Å². The minimum atomic E-state index is -0.601. The van der Waals surface area contributed by atoms with Crippen LogP contribution in [-0.4, -0.2) is 29.3 Å². The number of carbonyl (C=O) groups is 2. The molecule has 144 valence electrons. The zero-order valence-electron chi connectivity index (χ0n) is 15.8. The molecule has 2 aromatic rings. The van der Waals surface area contributed by atoms with Gasteiger partial charge in [-0.25, -0.2) is 0 Å². The van der Waals surface area contributed by atoms with Crippen LogP contribution in [0.2, 0.25) is 10.0 Å². The van der Waals surface area contributed by atoms with Gasteiger partial charge in [-0.1, -0.05) is 53.5 Å². The number of benzene rings is 2. The standard InChI is InChI=1S/C21H24Cl2N2O2/c1-4-24-21(27)15(3)25(13-16-9-10-18(22)19(23)11-16)20(26)12-17-8-6-5-7-14(17)2/h5-11,15H,4,12-13H2,1-3H3,(H,24,27). The normalized spacial score (nSPS) is 11.7. The van der Waals surface area contributed by atoms with Gasteiger partial charge in [0.1, 0.15) is 6.04 Å². The van der Waals surface area contributed by atoms with Crippen LogP contribution >= 0.6 is 23.2 Å². The zero-order chi connectivity index (χ0) is 20.0. The first-order valence-electron chi connectivity index (χ1n) is 8.89. The van der Waals surface area contributed by atoms with E-state index in [-0.39, 0.29) is 24.8 Å². The topological polar surface area (TPSA) is 49.4 Å². The van der Waals surface area contributed by atoms with Gasteiger partial charge >= 0.3 is 0 Å². The molecule has 0 fully saturated rings. The van der Waals surface area contributed by atoms with Crippen LogP contribution in [0, 0.1) is 6.92 Å². The summed E-state index contributed by atoms with van der Waals surface area (Å²) >= 11 is 12.1. The van der Waals surface area contributed by atoms with Crippen molar-refractivity contribution in [3.05, 3.63) is 69.2 Å². The highest BCUT2D eigenvalue weighted by Gasteiger charge is 2.26. The Hall–Kier alpha value is -2.04. The molecule has 0 bridgehead atoms. The third-order valence-electron chi connectivity index (χ3n) is 4.46. The Kier molecular flexibility index (Phi) is 7.69. The SMILES string of the molecule is CCNC(=O)C(C)N(Cc1ccc(Cl)c(Cl)c1)C(=O)Cc1ccccc1C. The summed E-state index contributed by atoms with van der Waals surface area (Å²) in [5.74, 6) is -0.301. The zero-order valence-corrected chi connectivity index (χ0v) is 17.3. The van der Waals surface area contributed by atoms with Gasteiger partial charge in [0.05, 0.1) is 16.5 Å². The van der Waals surface area contributed by atoms with Crippen molar-refractivity contribution >= 4 is 35.0 Å². The highest BCUT2D eigenvalue weighted by Crippen LogP contribution is 2.24. The van der Waals surface area contributed by atoms with E-state index in [1.807, 2.05) is 44.2 Å². The summed E-state index contributed by atoms with van der Waals surface area (Å²) in [6, 6.07) is 12.4. The first-order valence-corrected chi connectivity index (χ1v) is 9.64. The van der Waals surface area contributed by atoms with Crippen molar-refractivity contribution in [2.24, 2.45) is 0 Å². The molecule has 0 saturated heterocycles. The molecule has 0 saturated carbocycles. The Morgan fingerprint density at radius 1 is 1.11 bits per heavy atom. The predicted octanol–water partition coefficient (Wildman–Crippen LogP) is 4.40. The molecule has 27 heavy (non-hydrogen) atoms. The molecule has 2 aromatic carbocycles. The summed E-state index contributed by atoms with van der Waals surface area (Å²) in [4.78, 5) is 27.0. The van der Waals surface area contributed by atoms with Crippen LogP contribution in [0.1, 0.15) is 30.5 Å². The summed E-state index contributed by atoms with van der Waals surface area (Å²) in [6.45, 7) is 6.34. The molecule has 0 aromatic heterocycles. The largest absolute Gasteiger partial charge is 0.355 e. The lowest BCUT2D eigenvalue weighted by Crippen LogP contribution is -2.48. The molecule has 0 heterocycles. The smallest absolute Gasteiger partial charge is 0.242 e. The van der Waals surface area contributed by atoms with Crippen molar-refractivity contribution < 1.29 is 9.59 Å². The van der Waals surface area contributed by atoms with Crippen LogP contribution < -0.4 is 5.32 Å². The summed E-state index contributed by atoms with van der Waals surface area (Å²) in [5, 5.41) is 3.66. The van der Waals surface area contributed by atoms with Crippen molar-refractivity contribution in [3.63, 3.8) is 0 Å². The Labute approximate surface area is 170 Å². The van der Waals surface area contributed by atoms with E-state index < -0.39 is 6.04 Å². The molecule has 0 radical (unpaired) electrons. The molecule has 1 N–H and O–H groups in total. The van der Waals surface area contributed by atoms with E-state index in [0.717, 1.165) is 16.7 Å². The molecule has 2 rings (SSSR count). The molecule has 1 atom stereocenters. The Morgan fingerprint density at radius 3 is 2.44 bits per heavy atom. The number of nitrogens with zero attached hydrogens (tertiary/aromatic N) is 1. The van der Waals surface area contributed by atoms with Crippen molar-refractivity contribution in [2.75, 3.05) is 6.54 Å². The van der Waals surface area contributed by atoms with Gasteiger partial charge in [0.15, 0.2) is 0 Å². The molecule has 0 spiro atoms. The fourth-order valence-electron chi connectivity index (χ4n) is 2.81. The van der Waals surface area contributed by atoms with E-state index in [2.05, 4.69) is 5.32 Å². The molecule has 0 aliphatic heterocycles. The maximum absolute atomic E-state index is 13.1. The van der Waals surface area contributed by atoms with Crippen LogP contribution in [0.25, 0.3) is 0 Å². The van der Waals surface area contributed by atoms with Crippen LogP contribution in [0.15, 0.2) is 42.5 Å². The molecule has 0 aliphatic rings. The maximum atomic E-state index is 13.1. The third kappa shape index (κ3) is 5.72. The van der Waals surface area contributed by atoms with E-state index >= 15 is 0 Å². The minimum Gasteiger partial charge on any atom is -0.355 e. The summed E-state index contributed by atoms with van der Waals surface area (Å²) in [7, 11) is 0. The molecular weight excluding hydrogens is 383 g/mol. The fourth-order valence-corrected chi connectivity index (χ4v) is 3.13. The first kappa shape index (κ1) is 21.3. The minimum absolute atomic E-state index is 0.117. The maximum Gasteiger partial charge on any atom is 0.242 e. The highest BCUT2D eigenvalue weighted by atomic mass is 35.5. The van der Waals surface area contributed by atoms with Crippen LogP contribution in [0.3, 0.4) is 0 Å². The number of hydrogen-bond donors (Lipinski definition) is 1. The van der Waals surface area contributed by atoms with Crippen molar-refractivity contribution in [2.45, 2.75) is 39.8 Å². The fraction of sp³-hybridized carbons (Fsp3) is 0.333. The number of likely N-dealkylation sites (N-methyl/N-ethyl adjacent to an activating group) is 1. The molecule has 1 unspecified atom stereocenters. The average molecular weight is 407 g/mol. The van der Waals surface area contributed by atoms with Crippen LogP contribution in [0.5, 0.6) is 0 Å². The van der Waals surface area contributed by atoms with Gasteiger partial charge in [-0.05, 0) is 49.6 Å². The summed E-state index contributed by atoms with van der Waals surface area (Å²) in [5.41, 5.74) is 2.81. The lowest BCUT2D eigenvalue weighted by molar-refractivity contribution is -0.140. The van der Waals surface area contributed by atoms with Gasteiger partial charge in [0, 0.05) is 13.1 Å². The lowest BCUT2D eigenvalue weighted by Gasteiger charge is -2.29. The number of halogens is 2. The van der Waals surface area contributed by atoms with E-state index in [4.69, 9.17) is 23.2 Å². The third-order valence-corrected chi connectivity index (χ3v) is 5.20. The second kappa shape index (κ2) is 9.77. The number of aryl methyl sites for hydroxylation is 1. The Bertz CT molecular complexity index is 824. The van der Waals surface area contributed by atoms with Gasteiger partial charge in [0.25, 0.3) is 0 Å². The Morgan fingerprint density at radius 2 is 1.81 bits per heavy atom. The van der Waals surface area contributed by atoms with Gasteiger partial charge in [0.2, 0.25) is 11.8 Å². The van der Waals surface area contributed by atoms with Crippen LogP contribution in [0.4, 0.5) is 0 Å². The van der Waals surface area contributed by atoms with E-state index in [1.165, 1.54) is 0 Å². The quantitative estimate of drug-likeness (QED) is 0.740. The Balaban J connectivity index is 2.27. The molecule has 6 heteroatoms. The summed E-state index contributed by atoms with van der Waals surface area (Å²) in [6.07, 6.45) is 0.234. The number of hydrogen-bond acceptors (Lipinski definition) is 2. The predicted molar refractivity (Wildman–Crippen MR) is 110 cm³/mol. The number of amides is 2.